The Hall–Kier alpha value is -2.29. The van der Waals surface area contributed by atoms with E-state index >= 15 is 0 Å². The second-order valence-electron chi connectivity index (χ2n) is 9.85. The molecule has 0 bridgehead atoms. The molecule has 5 heterocycles. The van der Waals surface area contributed by atoms with Crippen LogP contribution in [0.4, 0.5) is 5.82 Å². The van der Waals surface area contributed by atoms with Crippen molar-refractivity contribution in [3.63, 3.8) is 0 Å². The number of carbonyl (C=O) groups excluding carboxylic acids is 1. The molecule has 0 spiro atoms. The van der Waals surface area contributed by atoms with Crippen molar-refractivity contribution in [3.8, 4) is 0 Å². The number of hydrogen-bond donors (Lipinski definition) is 1. The van der Waals surface area contributed by atoms with E-state index in [2.05, 4.69) is 31.1 Å². The summed E-state index contributed by atoms with van der Waals surface area (Å²) in [6, 6.07) is 8.02. The standard InChI is InChI=1S/C26H38N6O2/c33-26(27-21-9-13-30(14-10-21)15-16-31-17-19-34-20-18-31)24-6-5-23-22(28-24)7-8-25(29-23)32-11-3-1-2-4-12-32/h5-8,21H,1-4,9-20H2,(H,27,33). The largest absolute Gasteiger partial charge is 0.379 e. The number of anilines is 1. The molecule has 34 heavy (non-hydrogen) atoms. The number of aromatic nitrogens is 2. The highest BCUT2D eigenvalue weighted by Gasteiger charge is 2.22. The summed E-state index contributed by atoms with van der Waals surface area (Å²) in [6.45, 7) is 10.2. The van der Waals surface area contributed by atoms with Crippen LogP contribution in [0.25, 0.3) is 11.0 Å². The Morgan fingerprint density at radius 1 is 0.824 bits per heavy atom. The highest BCUT2D eigenvalue weighted by molar-refractivity contribution is 5.94. The van der Waals surface area contributed by atoms with Crippen molar-refractivity contribution in [1.29, 1.82) is 0 Å². The molecule has 0 radical (unpaired) electrons. The summed E-state index contributed by atoms with van der Waals surface area (Å²) in [5, 5.41) is 3.21. The van der Waals surface area contributed by atoms with E-state index in [0.717, 1.165) is 95.3 Å². The molecule has 184 valence electrons. The minimum atomic E-state index is -0.0785. The zero-order valence-corrected chi connectivity index (χ0v) is 20.3. The summed E-state index contributed by atoms with van der Waals surface area (Å²) >= 11 is 0. The van der Waals surface area contributed by atoms with Crippen LogP contribution in [0, 0.1) is 0 Å². The predicted octanol–water partition coefficient (Wildman–Crippen LogP) is 2.54. The third-order valence-corrected chi connectivity index (χ3v) is 7.45. The van der Waals surface area contributed by atoms with Gasteiger partial charge in [-0.2, -0.15) is 0 Å². The Morgan fingerprint density at radius 2 is 1.47 bits per heavy atom. The van der Waals surface area contributed by atoms with Gasteiger partial charge in [-0.3, -0.25) is 9.69 Å². The minimum absolute atomic E-state index is 0.0785. The maximum absolute atomic E-state index is 12.9. The first kappa shape index (κ1) is 23.5. The normalized spacial score (nSPS) is 21.5. The minimum Gasteiger partial charge on any atom is -0.379 e. The fourth-order valence-electron chi connectivity index (χ4n) is 5.27. The molecule has 3 fully saturated rings. The first-order chi connectivity index (χ1) is 16.7. The first-order valence-corrected chi connectivity index (χ1v) is 13.1. The van der Waals surface area contributed by atoms with Gasteiger partial charge in [0.1, 0.15) is 11.5 Å². The molecule has 3 aliphatic rings. The molecule has 2 aromatic rings. The lowest BCUT2D eigenvalue weighted by Gasteiger charge is -2.34. The zero-order valence-electron chi connectivity index (χ0n) is 20.3. The number of hydrogen-bond acceptors (Lipinski definition) is 7. The van der Waals surface area contributed by atoms with Gasteiger partial charge in [0.2, 0.25) is 0 Å². The van der Waals surface area contributed by atoms with Crippen LogP contribution < -0.4 is 10.2 Å². The number of pyridine rings is 2. The van der Waals surface area contributed by atoms with Gasteiger partial charge in [0.15, 0.2) is 0 Å². The van der Waals surface area contributed by atoms with Crippen molar-refractivity contribution in [2.45, 2.75) is 44.6 Å². The van der Waals surface area contributed by atoms with Crippen LogP contribution in [0.5, 0.6) is 0 Å². The summed E-state index contributed by atoms with van der Waals surface area (Å²) < 4.78 is 5.43. The molecule has 1 N–H and O–H groups in total. The van der Waals surface area contributed by atoms with E-state index in [4.69, 9.17) is 9.72 Å². The number of morpholine rings is 1. The lowest BCUT2D eigenvalue weighted by Crippen LogP contribution is -2.47. The van der Waals surface area contributed by atoms with E-state index in [1.807, 2.05) is 18.2 Å². The van der Waals surface area contributed by atoms with Gasteiger partial charge in [0, 0.05) is 58.4 Å². The molecule has 0 aromatic carbocycles. The number of nitrogens with one attached hydrogen (secondary N) is 1. The lowest BCUT2D eigenvalue weighted by atomic mass is 10.0. The molecule has 8 nitrogen and oxygen atoms in total. The van der Waals surface area contributed by atoms with Crippen LogP contribution in [0.1, 0.15) is 49.0 Å². The summed E-state index contributed by atoms with van der Waals surface area (Å²) in [4.78, 5) is 29.7. The van der Waals surface area contributed by atoms with Crippen molar-refractivity contribution in [2.75, 3.05) is 70.5 Å². The second kappa shape index (κ2) is 11.4. The van der Waals surface area contributed by atoms with Gasteiger partial charge in [0.05, 0.1) is 24.2 Å². The van der Waals surface area contributed by atoms with E-state index in [-0.39, 0.29) is 11.9 Å². The Balaban J connectivity index is 1.12. The fraction of sp³-hybridized carbons (Fsp3) is 0.654. The van der Waals surface area contributed by atoms with E-state index in [1.54, 1.807) is 0 Å². The van der Waals surface area contributed by atoms with Gasteiger partial charge in [-0.05, 0) is 49.9 Å². The number of carbonyl (C=O) groups is 1. The highest BCUT2D eigenvalue weighted by Crippen LogP contribution is 2.21. The average molecular weight is 467 g/mol. The Morgan fingerprint density at radius 3 is 2.21 bits per heavy atom. The average Bonchev–Trinajstić information content (AvgIpc) is 3.18. The Kier molecular flexibility index (Phi) is 7.88. The molecule has 0 saturated carbocycles. The number of rotatable bonds is 6. The SMILES string of the molecule is O=C(NC1CCN(CCN2CCOCC2)CC1)c1ccc2nc(N3CCCCCC3)ccc2n1. The number of piperidine rings is 1. The summed E-state index contributed by atoms with van der Waals surface area (Å²) in [5.41, 5.74) is 2.11. The van der Waals surface area contributed by atoms with Crippen molar-refractivity contribution in [2.24, 2.45) is 0 Å². The monoisotopic (exact) mass is 466 g/mol. The van der Waals surface area contributed by atoms with Crippen LogP contribution >= 0.6 is 0 Å². The van der Waals surface area contributed by atoms with Crippen LogP contribution in [-0.4, -0.2) is 97.3 Å². The van der Waals surface area contributed by atoms with Crippen molar-refractivity contribution in [1.82, 2.24) is 25.1 Å². The smallest absolute Gasteiger partial charge is 0.270 e. The third-order valence-electron chi connectivity index (χ3n) is 7.45. The van der Waals surface area contributed by atoms with Gasteiger partial charge in [-0.25, -0.2) is 9.97 Å². The molecule has 0 atom stereocenters. The molecule has 0 unspecified atom stereocenters. The zero-order chi connectivity index (χ0) is 23.2. The number of likely N-dealkylation sites (tertiary alicyclic amines) is 1. The summed E-state index contributed by atoms with van der Waals surface area (Å²) in [6.07, 6.45) is 7.04. The summed E-state index contributed by atoms with van der Waals surface area (Å²) in [5.74, 6) is 0.944. The van der Waals surface area contributed by atoms with E-state index < -0.39 is 0 Å². The number of amides is 1. The van der Waals surface area contributed by atoms with Crippen LogP contribution in [-0.2, 0) is 4.74 Å². The summed E-state index contributed by atoms with van der Waals surface area (Å²) in [7, 11) is 0. The maximum Gasteiger partial charge on any atom is 0.270 e. The van der Waals surface area contributed by atoms with Crippen molar-refractivity contribution >= 4 is 22.8 Å². The van der Waals surface area contributed by atoms with E-state index in [0.29, 0.717) is 5.69 Å². The quantitative estimate of drug-likeness (QED) is 0.701. The maximum atomic E-state index is 12.9. The molecule has 0 aliphatic carbocycles. The molecular weight excluding hydrogens is 428 g/mol. The molecule has 8 heteroatoms. The second-order valence-corrected chi connectivity index (χ2v) is 9.85. The fourth-order valence-corrected chi connectivity index (χ4v) is 5.27. The molecule has 1 amide bonds. The first-order valence-electron chi connectivity index (χ1n) is 13.1. The molecular formula is C26H38N6O2. The third kappa shape index (κ3) is 6.03. The number of nitrogens with zero attached hydrogens (tertiary/aromatic N) is 5. The van der Waals surface area contributed by atoms with Crippen LogP contribution in [0.15, 0.2) is 24.3 Å². The molecule has 3 aliphatic heterocycles. The number of fused-ring (bicyclic) bond motifs is 1. The van der Waals surface area contributed by atoms with Gasteiger partial charge in [-0.15, -0.1) is 0 Å². The van der Waals surface area contributed by atoms with Crippen molar-refractivity contribution < 1.29 is 9.53 Å². The van der Waals surface area contributed by atoms with Gasteiger partial charge in [-0.1, -0.05) is 12.8 Å². The van der Waals surface area contributed by atoms with Gasteiger partial charge in [0.25, 0.3) is 5.91 Å². The number of ether oxygens (including phenoxy) is 1. The van der Waals surface area contributed by atoms with Crippen LogP contribution in [0.3, 0.4) is 0 Å². The predicted molar refractivity (Wildman–Crippen MR) is 134 cm³/mol. The molecule has 3 saturated heterocycles. The highest BCUT2D eigenvalue weighted by atomic mass is 16.5. The van der Waals surface area contributed by atoms with Gasteiger partial charge < -0.3 is 19.9 Å². The van der Waals surface area contributed by atoms with Crippen molar-refractivity contribution in [3.05, 3.63) is 30.0 Å². The molecule has 2 aromatic heterocycles. The Labute approximate surface area is 202 Å². The van der Waals surface area contributed by atoms with Crippen LogP contribution in [0.2, 0.25) is 0 Å². The lowest BCUT2D eigenvalue weighted by molar-refractivity contribution is 0.0318. The van der Waals surface area contributed by atoms with E-state index in [9.17, 15) is 4.79 Å². The molecule has 5 rings (SSSR count). The van der Waals surface area contributed by atoms with Gasteiger partial charge >= 0.3 is 0 Å². The van der Waals surface area contributed by atoms with E-state index in [1.165, 1.54) is 25.7 Å². The Bertz CT molecular complexity index is 947. The topological polar surface area (TPSA) is 73.8 Å².